The van der Waals surface area contributed by atoms with Gasteiger partial charge in [0.15, 0.2) is 11.6 Å². The Morgan fingerprint density at radius 1 is 1.53 bits per heavy atom. The Bertz CT molecular complexity index is 357. The Morgan fingerprint density at radius 3 is 2.87 bits per heavy atom. The third-order valence-corrected chi connectivity index (χ3v) is 3.25. The van der Waals surface area contributed by atoms with Crippen molar-refractivity contribution in [2.24, 2.45) is 5.73 Å². The van der Waals surface area contributed by atoms with Crippen molar-refractivity contribution in [3.63, 3.8) is 0 Å². The third kappa shape index (κ3) is 3.28. The van der Waals surface area contributed by atoms with E-state index in [1.165, 1.54) is 13.2 Å². The van der Waals surface area contributed by atoms with Gasteiger partial charge < -0.3 is 10.5 Å². The molecule has 5 heteroatoms. The van der Waals surface area contributed by atoms with E-state index in [0.29, 0.717) is 17.9 Å². The van der Waals surface area contributed by atoms with Crippen LogP contribution in [0.3, 0.4) is 0 Å². The van der Waals surface area contributed by atoms with Gasteiger partial charge in [0.05, 0.1) is 12.9 Å². The summed E-state index contributed by atoms with van der Waals surface area (Å²) < 4.78 is 29.8. The van der Waals surface area contributed by atoms with Crippen LogP contribution >= 0.6 is 0 Å². The Hall–Kier alpha value is -0.940. The van der Waals surface area contributed by atoms with Crippen molar-refractivity contribution in [2.75, 3.05) is 19.4 Å². The quantitative estimate of drug-likeness (QED) is 0.824. The molecule has 1 aromatic rings. The predicted molar refractivity (Wildman–Crippen MR) is 58.7 cm³/mol. The second kappa shape index (κ2) is 5.82. The molecule has 1 aromatic carbocycles. The molecule has 0 aromatic heterocycles. The molecule has 0 heterocycles. The second-order valence-electron chi connectivity index (χ2n) is 3.01. The molecule has 0 saturated heterocycles. The molecule has 2 N–H and O–H groups in total. The number of halogens is 1. The molecular formula is C10H14FNO2S. The first-order chi connectivity index (χ1) is 7.19. The van der Waals surface area contributed by atoms with Gasteiger partial charge in [-0.15, -0.1) is 0 Å². The Morgan fingerprint density at radius 2 is 2.27 bits per heavy atom. The zero-order valence-electron chi connectivity index (χ0n) is 8.53. The van der Waals surface area contributed by atoms with Crippen LogP contribution in [0, 0.1) is 5.82 Å². The standard InChI is InChI=1S/C10H14FNO2S/c1-14-9-4-2-3-8(10(9)11)7-15(13)6-5-12/h2-4H,5-7,12H2,1H3. The number of ether oxygens (including phenoxy) is 1. The van der Waals surface area contributed by atoms with Crippen molar-refractivity contribution in [1.29, 1.82) is 0 Å². The van der Waals surface area contributed by atoms with Gasteiger partial charge in [-0.05, 0) is 6.07 Å². The Balaban J connectivity index is 2.81. The van der Waals surface area contributed by atoms with Crippen LogP contribution in [0.5, 0.6) is 5.75 Å². The molecule has 0 aliphatic rings. The summed E-state index contributed by atoms with van der Waals surface area (Å²) >= 11 is 0. The average molecular weight is 231 g/mol. The lowest BCUT2D eigenvalue weighted by Gasteiger charge is -2.06. The van der Waals surface area contributed by atoms with Gasteiger partial charge in [0.1, 0.15) is 0 Å². The summed E-state index contributed by atoms with van der Waals surface area (Å²) in [5, 5.41) is 0. The molecule has 0 bridgehead atoms. The molecule has 0 radical (unpaired) electrons. The first kappa shape index (κ1) is 12.1. The first-order valence-corrected chi connectivity index (χ1v) is 6.04. The number of benzene rings is 1. The number of hydrogen-bond acceptors (Lipinski definition) is 3. The van der Waals surface area contributed by atoms with E-state index in [4.69, 9.17) is 10.5 Å². The Labute approximate surface area is 90.9 Å². The average Bonchev–Trinajstić information content (AvgIpc) is 2.21. The highest BCUT2D eigenvalue weighted by atomic mass is 32.2. The summed E-state index contributed by atoms with van der Waals surface area (Å²) in [4.78, 5) is 0. The van der Waals surface area contributed by atoms with Gasteiger partial charge in [0, 0.05) is 28.7 Å². The van der Waals surface area contributed by atoms with Gasteiger partial charge >= 0.3 is 0 Å². The van der Waals surface area contributed by atoms with Gasteiger partial charge in [-0.3, -0.25) is 4.21 Å². The van der Waals surface area contributed by atoms with E-state index < -0.39 is 16.6 Å². The summed E-state index contributed by atoms with van der Waals surface area (Å²) in [5.41, 5.74) is 5.67. The van der Waals surface area contributed by atoms with Crippen LogP contribution in [0.25, 0.3) is 0 Å². The van der Waals surface area contributed by atoms with E-state index in [2.05, 4.69) is 0 Å². The van der Waals surface area contributed by atoms with Crippen molar-refractivity contribution in [2.45, 2.75) is 5.75 Å². The highest BCUT2D eigenvalue weighted by Gasteiger charge is 2.10. The molecule has 1 atom stereocenters. The highest BCUT2D eigenvalue weighted by Crippen LogP contribution is 2.20. The number of nitrogens with two attached hydrogens (primary N) is 1. The molecule has 1 unspecified atom stereocenters. The van der Waals surface area contributed by atoms with Crippen LogP contribution in [-0.2, 0) is 16.6 Å². The van der Waals surface area contributed by atoms with Crippen LogP contribution < -0.4 is 10.5 Å². The first-order valence-electron chi connectivity index (χ1n) is 4.55. The van der Waals surface area contributed by atoms with E-state index in [-0.39, 0.29) is 11.5 Å². The monoisotopic (exact) mass is 231 g/mol. The lowest BCUT2D eigenvalue weighted by atomic mass is 10.2. The van der Waals surface area contributed by atoms with E-state index in [1.54, 1.807) is 12.1 Å². The predicted octanol–water partition coefficient (Wildman–Crippen LogP) is 1.04. The van der Waals surface area contributed by atoms with Gasteiger partial charge in [0.2, 0.25) is 0 Å². The fourth-order valence-electron chi connectivity index (χ4n) is 1.20. The van der Waals surface area contributed by atoms with Crippen molar-refractivity contribution in [3.8, 4) is 5.75 Å². The topological polar surface area (TPSA) is 52.3 Å². The van der Waals surface area contributed by atoms with Gasteiger partial charge in [-0.2, -0.15) is 0 Å². The minimum absolute atomic E-state index is 0.178. The van der Waals surface area contributed by atoms with Crippen molar-refractivity contribution in [3.05, 3.63) is 29.6 Å². The van der Waals surface area contributed by atoms with Gasteiger partial charge in [0.25, 0.3) is 0 Å². The van der Waals surface area contributed by atoms with Crippen molar-refractivity contribution < 1.29 is 13.3 Å². The number of hydrogen-bond donors (Lipinski definition) is 1. The van der Waals surface area contributed by atoms with Gasteiger partial charge in [-0.1, -0.05) is 12.1 Å². The fourth-order valence-corrected chi connectivity index (χ4v) is 2.18. The second-order valence-corrected chi connectivity index (χ2v) is 4.59. The molecule has 0 spiro atoms. The third-order valence-electron chi connectivity index (χ3n) is 1.93. The summed E-state index contributed by atoms with van der Waals surface area (Å²) in [6.07, 6.45) is 0. The highest BCUT2D eigenvalue weighted by molar-refractivity contribution is 7.84. The summed E-state index contributed by atoms with van der Waals surface area (Å²) in [5.74, 6) is 0.305. The smallest absolute Gasteiger partial charge is 0.169 e. The van der Waals surface area contributed by atoms with Crippen LogP contribution in [0.15, 0.2) is 18.2 Å². The normalized spacial score (nSPS) is 12.5. The molecule has 0 fully saturated rings. The Kier molecular flexibility index (Phi) is 4.71. The lowest BCUT2D eigenvalue weighted by Crippen LogP contribution is -2.12. The molecule has 0 aliphatic heterocycles. The number of rotatable bonds is 5. The SMILES string of the molecule is COc1cccc(CS(=O)CCN)c1F. The maximum Gasteiger partial charge on any atom is 0.169 e. The van der Waals surface area contributed by atoms with E-state index in [0.717, 1.165) is 0 Å². The largest absolute Gasteiger partial charge is 0.494 e. The summed E-state index contributed by atoms with van der Waals surface area (Å²) in [6, 6.07) is 4.81. The van der Waals surface area contributed by atoms with Crippen LogP contribution in [0.2, 0.25) is 0 Å². The zero-order valence-corrected chi connectivity index (χ0v) is 9.35. The molecule has 0 saturated carbocycles. The van der Waals surface area contributed by atoms with Crippen molar-refractivity contribution in [1.82, 2.24) is 0 Å². The van der Waals surface area contributed by atoms with Crippen LogP contribution in [0.1, 0.15) is 5.56 Å². The number of methoxy groups -OCH3 is 1. The minimum atomic E-state index is -1.11. The molecule has 0 amide bonds. The van der Waals surface area contributed by atoms with E-state index >= 15 is 0 Å². The maximum atomic E-state index is 13.6. The minimum Gasteiger partial charge on any atom is -0.494 e. The molecule has 0 aliphatic carbocycles. The van der Waals surface area contributed by atoms with Crippen LogP contribution in [0.4, 0.5) is 4.39 Å². The van der Waals surface area contributed by atoms with Crippen LogP contribution in [-0.4, -0.2) is 23.6 Å². The van der Waals surface area contributed by atoms with E-state index in [9.17, 15) is 8.60 Å². The molecule has 1 rings (SSSR count). The molecular weight excluding hydrogens is 217 g/mol. The zero-order chi connectivity index (χ0) is 11.3. The molecule has 3 nitrogen and oxygen atoms in total. The molecule has 15 heavy (non-hydrogen) atoms. The van der Waals surface area contributed by atoms with E-state index in [1.807, 2.05) is 0 Å². The molecule has 84 valence electrons. The fraction of sp³-hybridized carbons (Fsp3) is 0.400. The lowest BCUT2D eigenvalue weighted by molar-refractivity contribution is 0.385. The van der Waals surface area contributed by atoms with Crippen molar-refractivity contribution >= 4 is 10.8 Å². The maximum absolute atomic E-state index is 13.6. The summed E-state index contributed by atoms with van der Waals surface area (Å²) in [7, 11) is 0.290. The van der Waals surface area contributed by atoms with Gasteiger partial charge in [-0.25, -0.2) is 4.39 Å². The summed E-state index contributed by atoms with van der Waals surface area (Å²) in [6.45, 7) is 0.345.